The quantitative estimate of drug-likeness (QED) is 0.503. The second-order valence-electron chi connectivity index (χ2n) is 5.81. The molecule has 0 bridgehead atoms. The molecule has 0 saturated heterocycles. The van der Waals surface area contributed by atoms with Gasteiger partial charge in [0, 0.05) is 4.90 Å². The van der Waals surface area contributed by atoms with Gasteiger partial charge in [0.2, 0.25) is 0 Å². The molecule has 0 aliphatic carbocycles. The van der Waals surface area contributed by atoms with Gasteiger partial charge in [-0.15, -0.1) is 11.8 Å². The molecule has 1 aliphatic rings. The minimum Gasteiger partial charge on any atom is -0.496 e. The van der Waals surface area contributed by atoms with Gasteiger partial charge in [-0.3, -0.25) is 0 Å². The number of urea groups is 1. The SMILES string of the molecule is CCOC(=O)C1=C(COC(=O)c2ccc(SC)cc2OC)NC(=O)N[C@@H]1CC. The van der Waals surface area contributed by atoms with Gasteiger partial charge < -0.3 is 24.8 Å². The summed E-state index contributed by atoms with van der Waals surface area (Å²) in [6.07, 6.45) is 2.41. The van der Waals surface area contributed by atoms with Crippen molar-refractivity contribution in [1.29, 1.82) is 0 Å². The molecule has 1 aromatic carbocycles. The van der Waals surface area contributed by atoms with Crippen LogP contribution in [0.4, 0.5) is 4.79 Å². The van der Waals surface area contributed by atoms with Crippen molar-refractivity contribution in [2.45, 2.75) is 31.2 Å². The molecule has 0 saturated carbocycles. The number of carbonyl (C=O) groups excluding carboxylic acids is 3. The first-order chi connectivity index (χ1) is 13.4. The third-order valence-electron chi connectivity index (χ3n) is 4.12. The van der Waals surface area contributed by atoms with Crippen LogP contribution in [0, 0.1) is 0 Å². The van der Waals surface area contributed by atoms with Crippen LogP contribution in [0.15, 0.2) is 34.4 Å². The van der Waals surface area contributed by atoms with Gasteiger partial charge in [0.1, 0.15) is 17.9 Å². The van der Waals surface area contributed by atoms with Crippen LogP contribution in [0.3, 0.4) is 0 Å². The van der Waals surface area contributed by atoms with Crippen LogP contribution in [-0.4, -0.2) is 50.6 Å². The Labute approximate surface area is 168 Å². The molecule has 2 rings (SSSR count). The summed E-state index contributed by atoms with van der Waals surface area (Å²) >= 11 is 1.52. The van der Waals surface area contributed by atoms with Gasteiger partial charge in [-0.05, 0) is 37.8 Å². The molecule has 152 valence electrons. The summed E-state index contributed by atoms with van der Waals surface area (Å²) in [5, 5.41) is 5.20. The Hall–Kier alpha value is -2.68. The van der Waals surface area contributed by atoms with E-state index in [1.807, 2.05) is 13.2 Å². The Morgan fingerprint density at radius 3 is 2.54 bits per heavy atom. The number of hydrogen-bond donors (Lipinski definition) is 2. The Morgan fingerprint density at radius 1 is 1.18 bits per heavy atom. The lowest BCUT2D eigenvalue weighted by Gasteiger charge is -2.28. The predicted molar refractivity (Wildman–Crippen MR) is 104 cm³/mol. The number of hydrogen-bond acceptors (Lipinski definition) is 7. The monoisotopic (exact) mass is 408 g/mol. The largest absolute Gasteiger partial charge is 0.496 e. The first kappa shape index (κ1) is 21.6. The average molecular weight is 408 g/mol. The van der Waals surface area contributed by atoms with Gasteiger partial charge in [0.15, 0.2) is 0 Å². The zero-order valence-electron chi connectivity index (χ0n) is 16.3. The van der Waals surface area contributed by atoms with Crippen LogP contribution in [-0.2, 0) is 14.3 Å². The fourth-order valence-electron chi connectivity index (χ4n) is 2.76. The highest BCUT2D eigenvalue weighted by Gasteiger charge is 2.32. The van der Waals surface area contributed by atoms with Crippen molar-refractivity contribution >= 4 is 29.7 Å². The van der Waals surface area contributed by atoms with Crippen molar-refractivity contribution < 1.29 is 28.6 Å². The van der Waals surface area contributed by atoms with Crippen molar-refractivity contribution in [3.63, 3.8) is 0 Å². The van der Waals surface area contributed by atoms with Gasteiger partial charge in [0.05, 0.1) is 31.0 Å². The number of esters is 2. The third-order valence-corrected chi connectivity index (χ3v) is 4.85. The maximum atomic E-state index is 12.5. The minimum absolute atomic E-state index is 0.193. The molecule has 2 amide bonds. The van der Waals surface area contributed by atoms with E-state index in [-0.39, 0.29) is 30.0 Å². The molecule has 9 heteroatoms. The van der Waals surface area contributed by atoms with Crippen LogP contribution in [0.5, 0.6) is 5.75 Å². The zero-order chi connectivity index (χ0) is 20.7. The third kappa shape index (κ3) is 4.98. The molecule has 1 heterocycles. The number of rotatable bonds is 8. The molecule has 0 unspecified atom stereocenters. The zero-order valence-corrected chi connectivity index (χ0v) is 17.1. The van der Waals surface area contributed by atoms with Crippen molar-refractivity contribution in [3.05, 3.63) is 35.0 Å². The Balaban J connectivity index is 2.25. The van der Waals surface area contributed by atoms with Gasteiger partial charge in [-0.2, -0.15) is 0 Å². The highest BCUT2D eigenvalue weighted by Crippen LogP contribution is 2.26. The molecule has 1 aromatic rings. The summed E-state index contributed by atoms with van der Waals surface area (Å²) in [5.74, 6) is -0.798. The second kappa shape index (κ2) is 10.0. The topological polar surface area (TPSA) is 103 Å². The van der Waals surface area contributed by atoms with E-state index < -0.39 is 24.0 Å². The number of benzene rings is 1. The van der Waals surface area contributed by atoms with E-state index in [0.29, 0.717) is 12.2 Å². The molecule has 0 aromatic heterocycles. The van der Waals surface area contributed by atoms with Crippen LogP contribution < -0.4 is 15.4 Å². The van der Waals surface area contributed by atoms with E-state index in [9.17, 15) is 14.4 Å². The first-order valence-electron chi connectivity index (χ1n) is 8.81. The molecule has 8 nitrogen and oxygen atoms in total. The highest BCUT2D eigenvalue weighted by atomic mass is 32.2. The van der Waals surface area contributed by atoms with Crippen molar-refractivity contribution in [2.24, 2.45) is 0 Å². The molecule has 28 heavy (non-hydrogen) atoms. The molecule has 2 N–H and O–H groups in total. The van der Waals surface area contributed by atoms with Gasteiger partial charge >= 0.3 is 18.0 Å². The number of carbonyl (C=O) groups is 3. The summed E-state index contributed by atoms with van der Waals surface area (Å²) in [6.45, 7) is 3.44. The normalized spacial score (nSPS) is 16.1. The van der Waals surface area contributed by atoms with Crippen LogP contribution in [0.1, 0.15) is 30.6 Å². The molecule has 0 fully saturated rings. The molecular formula is C19H24N2O6S. The Bertz CT molecular complexity index is 793. The van der Waals surface area contributed by atoms with Crippen molar-refractivity contribution in [1.82, 2.24) is 10.6 Å². The smallest absolute Gasteiger partial charge is 0.342 e. The van der Waals surface area contributed by atoms with Crippen LogP contribution >= 0.6 is 11.8 Å². The van der Waals surface area contributed by atoms with Gasteiger partial charge in [-0.1, -0.05) is 6.92 Å². The Kier molecular flexibility index (Phi) is 7.74. The summed E-state index contributed by atoms with van der Waals surface area (Å²) in [5.41, 5.74) is 0.717. The molecule has 0 spiro atoms. The van der Waals surface area contributed by atoms with E-state index in [2.05, 4.69) is 10.6 Å². The van der Waals surface area contributed by atoms with Crippen LogP contribution in [0.25, 0.3) is 0 Å². The average Bonchev–Trinajstić information content (AvgIpc) is 2.70. The highest BCUT2D eigenvalue weighted by molar-refractivity contribution is 7.98. The number of nitrogens with one attached hydrogen (secondary N) is 2. The van der Waals surface area contributed by atoms with Gasteiger partial charge in [0.25, 0.3) is 0 Å². The second-order valence-corrected chi connectivity index (χ2v) is 6.69. The number of amides is 2. The molecule has 1 atom stereocenters. The fourth-order valence-corrected chi connectivity index (χ4v) is 3.19. The van der Waals surface area contributed by atoms with E-state index in [1.165, 1.54) is 18.9 Å². The van der Waals surface area contributed by atoms with Crippen molar-refractivity contribution in [2.75, 3.05) is 26.6 Å². The van der Waals surface area contributed by atoms with E-state index in [0.717, 1.165) is 4.90 Å². The lowest BCUT2D eigenvalue weighted by atomic mass is 10.0. The van der Waals surface area contributed by atoms with E-state index in [4.69, 9.17) is 14.2 Å². The number of ether oxygens (including phenoxy) is 3. The summed E-state index contributed by atoms with van der Waals surface area (Å²) in [7, 11) is 1.47. The minimum atomic E-state index is -0.624. The molecule has 1 aliphatic heterocycles. The Morgan fingerprint density at radius 2 is 1.93 bits per heavy atom. The lowest BCUT2D eigenvalue weighted by molar-refractivity contribution is -0.139. The first-order valence-corrected chi connectivity index (χ1v) is 10.0. The lowest BCUT2D eigenvalue weighted by Crippen LogP contribution is -2.51. The number of methoxy groups -OCH3 is 1. The van der Waals surface area contributed by atoms with Gasteiger partial charge in [-0.25, -0.2) is 14.4 Å². The van der Waals surface area contributed by atoms with Crippen LogP contribution in [0.2, 0.25) is 0 Å². The molecule has 0 radical (unpaired) electrons. The maximum Gasteiger partial charge on any atom is 0.342 e. The standard InChI is InChI=1S/C19H24N2O6S/c1-5-13-16(18(23)26-6-2)14(21-19(24)20-13)10-27-17(22)12-8-7-11(28-4)9-15(12)25-3/h7-9,13H,5-6,10H2,1-4H3,(H2,20,21,24)/t13-/m1/s1. The predicted octanol–water partition coefficient (Wildman–Crippen LogP) is 2.48. The summed E-state index contributed by atoms with van der Waals surface area (Å²) in [4.78, 5) is 37.7. The van der Waals surface area contributed by atoms with Crippen molar-refractivity contribution in [3.8, 4) is 5.75 Å². The van der Waals surface area contributed by atoms with E-state index in [1.54, 1.807) is 25.1 Å². The number of thioether (sulfide) groups is 1. The maximum absolute atomic E-state index is 12.5. The molecular weight excluding hydrogens is 384 g/mol. The summed E-state index contributed by atoms with van der Waals surface area (Å²) < 4.78 is 15.7. The fraction of sp³-hybridized carbons (Fsp3) is 0.421. The van der Waals surface area contributed by atoms with E-state index >= 15 is 0 Å². The summed E-state index contributed by atoms with van der Waals surface area (Å²) in [6, 6.07) is 4.16.